The highest BCUT2D eigenvalue weighted by atomic mass is 32.1. The fourth-order valence-corrected chi connectivity index (χ4v) is 4.28. The Bertz CT molecular complexity index is 673. The lowest BCUT2D eigenvalue weighted by atomic mass is 9.87. The Morgan fingerprint density at radius 3 is 2.65 bits per heavy atom. The van der Waals surface area contributed by atoms with Crippen LogP contribution in [0.4, 0.5) is 4.79 Å². The SMILES string of the molecule is CC[C@@H]1CCc2sc(C(=O)NNC(=O)[C@@H](NC(N)=O)[C@@H](C)CC)cc2C1. The number of amides is 4. The number of primary amides is 1. The first kappa shape index (κ1) is 20.2. The smallest absolute Gasteiger partial charge is 0.312 e. The molecule has 0 saturated heterocycles. The van der Waals surface area contributed by atoms with Gasteiger partial charge in [-0.3, -0.25) is 20.4 Å². The Morgan fingerprint density at radius 2 is 2.04 bits per heavy atom. The molecule has 0 aromatic carbocycles. The van der Waals surface area contributed by atoms with Crippen LogP contribution in [0.5, 0.6) is 0 Å². The van der Waals surface area contributed by atoms with Crippen molar-refractivity contribution in [2.45, 2.75) is 58.9 Å². The monoisotopic (exact) mass is 380 g/mol. The first-order valence-corrected chi connectivity index (χ1v) is 9.95. The number of aryl methyl sites for hydroxylation is 1. The minimum atomic E-state index is -0.792. The maximum absolute atomic E-state index is 12.4. The predicted octanol–water partition coefficient (Wildman–Crippen LogP) is 2.11. The summed E-state index contributed by atoms with van der Waals surface area (Å²) < 4.78 is 0. The number of nitrogens with two attached hydrogens (primary N) is 1. The molecule has 2 rings (SSSR count). The van der Waals surface area contributed by atoms with E-state index in [0.29, 0.717) is 17.2 Å². The van der Waals surface area contributed by atoms with Crippen molar-refractivity contribution >= 4 is 29.2 Å². The van der Waals surface area contributed by atoms with Gasteiger partial charge < -0.3 is 11.1 Å². The van der Waals surface area contributed by atoms with Gasteiger partial charge in [0.05, 0.1) is 4.88 Å². The average molecular weight is 381 g/mol. The van der Waals surface area contributed by atoms with Crippen LogP contribution in [0.25, 0.3) is 0 Å². The maximum Gasteiger partial charge on any atom is 0.312 e. The van der Waals surface area contributed by atoms with Crippen LogP contribution in [0, 0.1) is 11.8 Å². The van der Waals surface area contributed by atoms with E-state index in [1.54, 1.807) is 0 Å². The van der Waals surface area contributed by atoms with Gasteiger partial charge >= 0.3 is 6.03 Å². The molecule has 7 nitrogen and oxygen atoms in total. The number of hydrogen-bond donors (Lipinski definition) is 4. The summed E-state index contributed by atoms with van der Waals surface area (Å²) in [6.45, 7) is 5.93. The maximum atomic E-state index is 12.4. The summed E-state index contributed by atoms with van der Waals surface area (Å²) in [6.07, 6.45) is 5.02. The third-order valence-electron chi connectivity index (χ3n) is 5.08. The standard InChI is InChI=1S/C18H28N4O3S/c1-4-10(3)15(20-18(19)25)17(24)22-21-16(23)14-9-12-8-11(5-2)6-7-13(12)26-14/h9-11,15H,4-8H2,1-3H3,(H,21,23)(H,22,24)(H3,19,20,25)/t10-,11+,15-/m0/s1. The largest absolute Gasteiger partial charge is 0.352 e. The van der Waals surface area contributed by atoms with Gasteiger partial charge in [-0.1, -0.05) is 33.6 Å². The van der Waals surface area contributed by atoms with E-state index in [4.69, 9.17) is 5.73 Å². The molecule has 0 saturated carbocycles. The number of carbonyl (C=O) groups is 3. The lowest BCUT2D eigenvalue weighted by Gasteiger charge is -2.22. The Balaban J connectivity index is 1.96. The minimum Gasteiger partial charge on any atom is -0.352 e. The second-order valence-corrected chi connectivity index (χ2v) is 8.03. The molecule has 5 N–H and O–H groups in total. The first-order chi connectivity index (χ1) is 12.3. The van der Waals surface area contributed by atoms with Crippen LogP contribution in [0.3, 0.4) is 0 Å². The fourth-order valence-electron chi connectivity index (χ4n) is 3.17. The molecule has 0 radical (unpaired) electrons. The Hall–Kier alpha value is -2.09. The number of carbonyl (C=O) groups excluding carboxylic acids is 3. The van der Waals surface area contributed by atoms with Gasteiger partial charge in [0.2, 0.25) is 0 Å². The van der Waals surface area contributed by atoms with Crippen molar-refractivity contribution in [2.75, 3.05) is 0 Å². The van der Waals surface area contributed by atoms with E-state index in [9.17, 15) is 14.4 Å². The molecule has 1 aliphatic carbocycles. The summed E-state index contributed by atoms with van der Waals surface area (Å²) in [5.41, 5.74) is 11.2. The minimum absolute atomic E-state index is 0.112. The Kier molecular flexibility index (Phi) is 7.02. The van der Waals surface area contributed by atoms with Gasteiger partial charge in [-0.05, 0) is 42.7 Å². The Labute approximate surface area is 158 Å². The average Bonchev–Trinajstić information content (AvgIpc) is 3.06. The summed E-state index contributed by atoms with van der Waals surface area (Å²) in [5.74, 6) is -0.255. The van der Waals surface area contributed by atoms with Crippen molar-refractivity contribution in [3.63, 3.8) is 0 Å². The third-order valence-corrected chi connectivity index (χ3v) is 6.31. The summed E-state index contributed by atoms with van der Waals surface area (Å²) in [5, 5.41) is 2.42. The molecule has 0 bridgehead atoms. The molecule has 0 unspecified atom stereocenters. The summed E-state index contributed by atoms with van der Waals surface area (Å²) in [4.78, 5) is 37.6. The molecule has 1 aromatic rings. The van der Waals surface area contributed by atoms with E-state index >= 15 is 0 Å². The fraction of sp³-hybridized carbons (Fsp3) is 0.611. The molecular weight excluding hydrogens is 352 g/mol. The van der Waals surface area contributed by atoms with Crippen molar-refractivity contribution in [2.24, 2.45) is 17.6 Å². The summed E-state index contributed by atoms with van der Waals surface area (Å²) in [7, 11) is 0. The van der Waals surface area contributed by atoms with E-state index in [2.05, 4.69) is 23.1 Å². The van der Waals surface area contributed by atoms with Gasteiger partial charge in [-0.2, -0.15) is 0 Å². The topological polar surface area (TPSA) is 113 Å². The number of hydrazine groups is 1. The van der Waals surface area contributed by atoms with Gasteiger partial charge in [0.15, 0.2) is 0 Å². The molecule has 4 amide bonds. The Morgan fingerprint density at radius 1 is 1.31 bits per heavy atom. The number of rotatable bonds is 6. The molecule has 0 spiro atoms. The first-order valence-electron chi connectivity index (χ1n) is 9.13. The highest BCUT2D eigenvalue weighted by Gasteiger charge is 2.26. The second-order valence-electron chi connectivity index (χ2n) is 6.89. The molecular formula is C18H28N4O3S. The van der Waals surface area contributed by atoms with Gasteiger partial charge in [0.25, 0.3) is 11.8 Å². The second kappa shape index (κ2) is 9.02. The van der Waals surface area contributed by atoms with E-state index in [1.165, 1.54) is 21.8 Å². The van der Waals surface area contributed by atoms with Gasteiger partial charge in [-0.15, -0.1) is 11.3 Å². The van der Waals surface area contributed by atoms with Crippen molar-refractivity contribution in [1.82, 2.24) is 16.2 Å². The summed E-state index contributed by atoms with van der Waals surface area (Å²) >= 11 is 1.48. The van der Waals surface area contributed by atoms with E-state index in [-0.39, 0.29) is 11.8 Å². The van der Waals surface area contributed by atoms with Crippen LogP contribution >= 0.6 is 11.3 Å². The molecule has 1 aromatic heterocycles. The number of urea groups is 1. The van der Waals surface area contributed by atoms with Crippen molar-refractivity contribution < 1.29 is 14.4 Å². The lowest BCUT2D eigenvalue weighted by Crippen LogP contribution is -2.55. The third kappa shape index (κ3) is 4.97. The lowest BCUT2D eigenvalue weighted by molar-refractivity contribution is -0.124. The quantitative estimate of drug-likeness (QED) is 0.567. The van der Waals surface area contributed by atoms with E-state index in [1.807, 2.05) is 19.9 Å². The molecule has 3 atom stereocenters. The van der Waals surface area contributed by atoms with Crippen molar-refractivity contribution in [3.8, 4) is 0 Å². The predicted molar refractivity (Wildman–Crippen MR) is 102 cm³/mol. The molecule has 1 aliphatic rings. The van der Waals surface area contributed by atoms with Crippen molar-refractivity contribution in [3.05, 3.63) is 21.4 Å². The number of thiophene rings is 1. The number of fused-ring (bicyclic) bond motifs is 1. The van der Waals surface area contributed by atoms with Crippen LogP contribution in [0.2, 0.25) is 0 Å². The highest BCUT2D eigenvalue weighted by Crippen LogP contribution is 2.33. The molecule has 144 valence electrons. The normalized spacial score (nSPS) is 18.3. The zero-order valence-electron chi connectivity index (χ0n) is 15.6. The van der Waals surface area contributed by atoms with Crippen LogP contribution < -0.4 is 21.9 Å². The number of nitrogens with one attached hydrogen (secondary N) is 3. The van der Waals surface area contributed by atoms with E-state index in [0.717, 1.165) is 25.7 Å². The van der Waals surface area contributed by atoms with Crippen molar-refractivity contribution in [1.29, 1.82) is 0 Å². The summed E-state index contributed by atoms with van der Waals surface area (Å²) in [6, 6.07) is 0.366. The van der Waals surface area contributed by atoms with Crippen LogP contribution in [-0.2, 0) is 17.6 Å². The molecule has 1 heterocycles. The number of hydrogen-bond acceptors (Lipinski definition) is 4. The molecule has 8 heteroatoms. The van der Waals surface area contributed by atoms with Crippen LogP contribution in [0.1, 0.15) is 60.1 Å². The zero-order valence-corrected chi connectivity index (χ0v) is 16.4. The van der Waals surface area contributed by atoms with Gasteiger partial charge in [-0.25, -0.2) is 4.79 Å². The molecule has 26 heavy (non-hydrogen) atoms. The van der Waals surface area contributed by atoms with Gasteiger partial charge in [0.1, 0.15) is 6.04 Å². The van der Waals surface area contributed by atoms with E-state index < -0.39 is 18.0 Å². The van der Waals surface area contributed by atoms with Crippen LogP contribution in [-0.4, -0.2) is 23.9 Å². The van der Waals surface area contributed by atoms with Gasteiger partial charge in [0, 0.05) is 4.88 Å². The highest BCUT2D eigenvalue weighted by molar-refractivity contribution is 7.14. The molecule has 0 aliphatic heterocycles. The van der Waals surface area contributed by atoms with Crippen LogP contribution in [0.15, 0.2) is 6.07 Å². The molecule has 0 fully saturated rings. The zero-order chi connectivity index (χ0) is 19.3.